The van der Waals surface area contributed by atoms with Crippen LogP contribution >= 0.6 is 0 Å². The highest BCUT2D eigenvalue weighted by atomic mass is 19.1. The zero-order chi connectivity index (χ0) is 12.5. The predicted octanol–water partition coefficient (Wildman–Crippen LogP) is 1.73. The summed E-state index contributed by atoms with van der Waals surface area (Å²) in [7, 11) is 0. The molecule has 92 valence electrons. The number of benzene rings is 1. The van der Waals surface area contributed by atoms with E-state index in [1.807, 2.05) is 0 Å². The molecule has 0 saturated carbocycles. The number of nitrogens with zero attached hydrogens (tertiary/aromatic N) is 3. The number of anilines is 1. The van der Waals surface area contributed by atoms with Crippen LogP contribution < -0.4 is 4.90 Å². The first-order valence-corrected chi connectivity index (χ1v) is 5.56. The first-order valence-electron chi connectivity index (χ1n) is 5.56. The molecule has 0 N–H and O–H groups in total. The molecule has 2 heterocycles. The molecule has 0 spiro atoms. The van der Waals surface area contributed by atoms with Crippen LogP contribution in [0.4, 0.5) is 10.1 Å². The molecular weight excluding hydrogens is 237 g/mol. The predicted molar refractivity (Wildman–Crippen MR) is 60.4 cm³/mol. The lowest BCUT2D eigenvalue weighted by Crippen LogP contribution is -2.24. The second-order valence-electron chi connectivity index (χ2n) is 4.17. The number of rotatable bonds is 2. The van der Waals surface area contributed by atoms with Crippen LogP contribution in [0.5, 0.6) is 0 Å². The molecule has 0 bridgehead atoms. The van der Waals surface area contributed by atoms with Crippen molar-refractivity contribution in [1.29, 1.82) is 0 Å². The fraction of sp³-hybridized carbons (Fsp3) is 0.250. The maximum absolute atomic E-state index is 13.1. The number of aromatic nitrogens is 2. The minimum absolute atomic E-state index is 0.0598. The van der Waals surface area contributed by atoms with E-state index in [1.54, 1.807) is 17.0 Å². The topological polar surface area (TPSA) is 59.2 Å². The Labute approximate surface area is 102 Å². The smallest absolute Gasteiger partial charge is 0.227 e. The Kier molecular flexibility index (Phi) is 2.55. The van der Waals surface area contributed by atoms with Crippen molar-refractivity contribution in [3.63, 3.8) is 0 Å². The van der Waals surface area contributed by atoms with Crippen molar-refractivity contribution in [3.05, 3.63) is 42.3 Å². The maximum atomic E-state index is 13.1. The van der Waals surface area contributed by atoms with Crippen LogP contribution in [-0.4, -0.2) is 22.6 Å². The first-order chi connectivity index (χ1) is 8.74. The van der Waals surface area contributed by atoms with Gasteiger partial charge in [0, 0.05) is 24.6 Å². The summed E-state index contributed by atoms with van der Waals surface area (Å²) in [5, 5.41) is 3.74. The van der Waals surface area contributed by atoms with Gasteiger partial charge in [0.2, 0.25) is 12.3 Å². The summed E-state index contributed by atoms with van der Waals surface area (Å²) in [6.07, 6.45) is 1.56. The van der Waals surface area contributed by atoms with Gasteiger partial charge in [-0.3, -0.25) is 4.79 Å². The largest absolute Gasteiger partial charge is 0.343 e. The Balaban J connectivity index is 1.85. The lowest BCUT2D eigenvalue weighted by molar-refractivity contribution is -0.117. The van der Waals surface area contributed by atoms with E-state index in [1.165, 1.54) is 18.5 Å². The third kappa shape index (κ3) is 1.85. The Hall–Kier alpha value is -2.24. The molecular formula is C12H10FN3O2. The average molecular weight is 247 g/mol. The summed E-state index contributed by atoms with van der Waals surface area (Å²) in [6.45, 7) is 0.446. The monoisotopic (exact) mass is 247 g/mol. The molecule has 1 unspecified atom stereocenters. The maximum Gasteiger partial charge on any atom is 0.227 e. The van der Waals surface area contributed by atoms with Crippen LogP contribution in [0.2, 0.25) is 0 Å². The van der Waals surface area contributed by atoms with Crippen LogP contribution in [0.25, 0.3) is 0 Å². The second-order valence-corrected chi connectivity index (χ2v) is 4.17. The molecule has 3 rings (SSSR count). The molecule has 0 radical (unpaired) electrons. The molecule has 2 aromatic rings. The van der Waals surface area contributed by atoms with E-state index in [-0.39, 0.29) is 17.6 Å². The highest BCUT2D eigenvalue weighted by molar-refractivity contribution is 5.96. The van der Waals surface area contributed by atoms with Gasteiger partial charge in [0.05, 0.1) is 0 Å². The Bertz CT molecular complexity index is 570. The van der Waals surface area contributed by atoms with Gasteiger partial charge in [-0.2, -0.15) is 4.98 Å². The van der Waals surface area contributed by atoms with Crippen LogP contribution in [0.3, 0.4) is 0 Å². The van der Waals surface area contributed by atoms with Gasteiger partial charge in [0.15, 0.2) is 5.82 Å². The van der Waals surface area contributed by atoms with Gasteiger partial charge in [-0.25, -0.2) is 4.39 Å². The van der Waals surface area contributed by atoms with Gasteiger partial charge in [0.1, 0.15) is 5.82 Å². The van der Waals surface area contributed by atoms with Crippen molar-refractivity contribution >= 4 is 11.6 Å². The second kappa shape index (κ2) is 4.21. The molecule has 5 nitrogen and oxygen atoms in total. The van der Waals surface area contributed by atoms with E-state index in [4.69, 9.17) is 0 Å². The summed E-state index contributed by atoms with van der Waals surface area (Å²) in [5.74, 6) is 0.000446. The number of hydrogen-bond acceptors (Lipinski definition) is 4. The number of hydrogen-bond donors (Lipinski definition) is 0. The number of carbonyl (C=O) groups is 1. The van der Waals surface area contributed by atoms with Crippen LogP contribution in [0.1, 0.15) is 18.2 Å². The summed E-state index contributed by atoms with van der Waals surface area (Å²) >= 11 is 0. The minimum Gasteiger partial charge on any atom is -0.343 e. The van der Waals surface area contributed by atoms with Crippen LogP contribution in [0, 0.1) is 5.82 Å². The number of amides is 1. The number of carbonyl (C=O) groups excluding carboxylic acids is 1. The van der Waals surface area contributed by atoms with Crippen molar-refractivity contribution < 1.29 is 13.7 Å². The summed E-state index contributed by atoms with van der Waals surface area (Å²) < 4.78 is 17.8. The first kappa shape index (κ1) is 10.9. The highest BCUT2D eigenvalue weighted by Gasteiger charge is 2.34. The molecule has 1 fully saturated rings. The molecule has 1 atom stereocenters. The molecule has 1 aromatic heterocycles. The molecule has 1 amide bonds. The van der Waals surface area contributed by atoms with Crippen molar-refractivity contribution in [1.82, 2.24) is 10.1 Å². The van der Waals surface area contributed by atoms with E-state index < -0.39 is 0 Å². The van der Waals surface area contributed by atoms with Crippen LogP contribution in [-0.2, 0) is 4.79 Å². The molecule has 6 heteroatoms. The average Bonchev–Trinajstić information content (AvgIpc) is 2.97. The third-order valence-corrected chi connectivity index (χ3v) is 2.99. The standard InChI is InChI=1S/C12H10FN3O2/c13-9-2-1-3-10(5-9)16-6-8(4-11(16)17)12-14-7-18-15-12/h1-3,5,7-8H,4,6H2. The Morgan fingerprint density at radius 1 is 1.44 bits per heavy atom. The lowest BCUT2D eigenvalue weighted by atomic mass is 10.1. The fourth-order valence-electron chi connectivity index (χ4n) is 2.13. The van der Waals surface area contributed by atoms with Crippen molar-refractivity contribution in [2.75, 3.05) is 11.4 Å². The zero-order valence-electron chi connectivity index (χ0n) is 9.41. The molecule has 1 saturated heterocycles. The third-order valence-electron chi connectivity index (χ3n) is 2.99. The molecule has 1 aliphatic rings. The van der Waals surface area contributed by atoms with Gasteiger partial charge >= 0.3 is 0 Å². The van der Waals surface area contributed by atoms with Crippen molar-refractivity contribution in [2.24, 2.45) is 0 Å². The van der Waals surface area contributed by atoms with E-state index >= 15 is 0 Å². The van der Waals surface area contributed by atoms with Gasteiger partial charge in [-0.1, -0.05) is 11.2 Å². The molecule has 1 aliphatic heterocycles. The van der Waals surface area contributed by atoms with Gasteiger partial charge in [-0.15, -0.1) is 0 Å². The summed E-state index contributed by atoms with van der Waals surface area (Å²) in [4.78, 5) is 17.4. The summed E-state index contributed by atoms with van der Waals surface area (Å²) in [6, 6.07) is 5.98. The normalized spacial score (nSPS) is 19.5. The minimum atomic E-state index is -0.358. The molecule has 1 aromatic carbocycles. The highest BCUT2D eigenvalue weighted by Crippen LogP contribution is 2.30. The quantitative estimate of drug-likeness (QED) is 0.810. The van der Waals surface area contributed by atoms with E-state index in [0.29, 0.717) is 24.5 Å². The molecule has 18 heavy (non-hydrogen) atoms. The SMILES string of the molecule is O=C1CC(c2ncon2)CN1c1cccc(F)c1. The van der Waals surface area contributed by atoms with E-state index in [0.717, 1.165) is 0 Å². The van der Waals surface area contributed by atoms with Crippen LogP contribution in [0.15, 0.2) is 35.2 Å². The zero-order valence-corrected chi connectivity index (χ0v) is 9.41. The molecule has 0 aliphatic carbocycles. The van der Waals surface area contributed by atoms with Gasteiger partial charge < -0.3 is 9.42 Å². The Morgan fingerprint density at radius 2 is 2.33 bits per heavy atom. The van der Waals surface area contributed by atoms with E-state index in [2.05, 4.69) is 14.7 Å². The fourth-order valence-corrected chi connectivity index (χ4v) is 2.13. The Morgan fingerprint density at radius 3 is 3.06 bits per heavy atom. The van der Waals surface area contributed by atoms with E-state index in [9.17, 15) is 9.18 Å². The number of halogens is 1. The van der Waals surface area contributed by atoms with Crippen molar-refractivity contribution in [3.8, 4) is 0 Å². The van der Waals surface area contributed by atoms with Gasteiger partial charge in [-0.05, 0) is 18.2 Å². The van der Waals surface area contributed by atoms with Gasteiger partial charge in [0.25, 0.3) is 0 Å². The lowest BCUT2D eigenvalue weighted by Gasteiger charge is -2.15. The summed E-state index contributed by atoms with van der Waals surface area (Å²) in [5.41, 5.74) is 0.561. The van der Waals surface area contributed by atoms with Crippen molar-refractivity contribution in [2.45, 2.75) is 12.3 Å².